The molecule has 0 amide bonds. The number of fused-ring (bicyclic) bond motifs is 1. The van der Waals surface area contributed by atoms with Crippen molar-refractivity contribution in [3.8, 4) is 0 Å². The quantitative estimate of drug-likeness (QED) is 0.728. The van der Waals surface area contributed by atoms with Crippen molar-refractivity contribution in [2.45, 2.75) is 32.4 Å². The lowest BCUT2D eigenvalue weighted by molar-refractivity contribution is 0.121. The summed E-state index contributed by atoms with van der Waals surface area (Å²) in [6, 6.07) is 2.47. The summed E-state index contributed by atoms with van der Waals surface area (Å²) in [4.78, 5) is 19.5. The van der Waals surface area contributed by atoms with Gasteiger partial charge < -0.3 is 9.64 Å². The van der Waals surface area contributed by atoms with Crippen LogP contribution in [0.1, 0.15) is 33.3 Å². The van der Waals surface area contributed by atoms with Gasteiger partial charge in [-0.1, -0.05) is 0 Å². The zero-order valence-electron chi connectivity index (χ0n) is 16.8. The maximum atomic E-state index is 14.3. The van der Waals surface area contributed by atoms with Crippen molar-refractivity contribution in [2.24, 2.45) is 11.4 Å². The Hall–Kier alpha value is -2.13. The number of ether oxygens (including phenoxy) is 1. The highest BCUT2D eigenvalue weighted by molar-refractivity contribution is 7.85. The van der Waals surface area contributed by atoms with E-state index in [-0.39, 0.29) is 10.9 Å². The van der Waals surface area contributed by atoms with Crippen molar-refractivity contribution in [2.75, 3.05) is 31.2 Å². The molecule has 1 atom stereocenters. The summed E-state index contributed by atoms with van der Waals surface area (Å²) >= 11 is 0. The maximum absolute atomic E-state index is 14.3. The molecule has 0 aliphatic carbocycles. The predicted molar refractivity (Wildman–Crippen MR) is 110 cm³/mol. The molecule has 1 aromatic carbocycles. The first kappa shape index (κ1) is 20.6. The van der Waals surface area contributed by atoms with Crippen LogP contribution in [0.15, 0.2) is 21.3 Å². The van der Waals surface area contributed by atoms with Gasteiger partial charge in [0.1, 0.15) is 16.8 Å². The van der Waals surface area contributed by atoms with E-state index in [9.17, 15) is 13.4 Å². The van der Waals surface area contributed by atoms with Crippen LogP contribution in [0.4, 0.5) is 10.3 Å². The molecule has 0 saturated carbocycles. The molecule has 0 N–H and O–H groups in total. The summed E-state index contributed by atoms with van der Waals surface area (Å²) in [5, 5.41) is 0.172. The second kappa shape index (κ2) is 7.71. The highest BCUT2D eigenvalue weighted by Gasteiger charge is 2.22. The van der Waals surface area contributed by atoms with Gasteiger partial charge in [-0.25, -0.2) is 13.6 Å². The molecule has 1 aliphatic rings. The number of morpholine rings is 1. The minimum atomic E-state index is -1.51. The van der Waals surface area contributed by atoms with Crippen molar-refractivity contribution >= 4 is 33.5 Å². The molecule has 1 saturated heterocycles. The summed E-state index contributed by atoms with van der Waals surface area (Å²) in [5.41, 5.74) is 0.779. The van der Waals surface area contributed by atoms with Crippen LogP contribution in [0.2, 0.25) is 0 Å². The summed E-state index contributed by atoms with van der Waals surface area (Å²) in [7, 11) is 0.115. The summed E-state index contributed by atoms with van der Waals surface area (Å²) < 4.78 is 37.2. The molecule has 152 valence electrons. The average Bonchev–Trinajstić information content (AvgIpc) is 2.64. The SMILES string of the molecule is CC(=N[S@](=O)C(C)(C)C)c1cc(F)cc2c(=O)n(C)c(N3CCOCC3)nc12. The first-order valence-corrected chi connectivity index (χ1v) is 10.2. The Morgan fingerprint density at radius 1 is 1.29 bits per heavy atom. The van der Waals surface area contributed by atoms with Gasteiger partial charge in [0.05, 0.1) is 34.6 Å². The predicted octanol–water partition coefficient (Wildman–Crippen LogP) is 2.18. The minimum Gasteiger partial charge on any atom is -0.378 e. The van der Waals surface area contributed by atoms with Gasteiger partial charge in [-0.3, -0.25) is 9.36 Å². The molecule has 9 heteroatoms. The van der Waals surface area contributed by atoms with E-state index < -0.39 is 21.5 Å². The Balaban J connectivity index is 2.23. The Labute approximate surface area is 165 Å². The van der Waals surface area contributed by atoms with Crippen LogP contribution in [0.25, 0.3) is 10.9 Å². The topological polar surface area (TPSA) is 76.8 Å². The van der Waals surface area contributed by atoms with Crippen LogP contribution in [0, 0.1) is 5.82 Å². The van der Waals surface area contributed by atoms with Crippen LogP contribution >= 0.6 is 0 Å². The number of aromatic nitrogens is 2. The van der Waals surface area contributed by atoms with E-state index in [0.717, 1.165) is 0 Å². The molecule has 1 aliphatic heterocycles. The second-order valence-electron chi connectivity index (χ2n) is 7.76. The molecule has 1 aromatic heterocycles. The van der Waals surface area contributed by atoms with E-state index in [2.05, 4.69) is 9.38 Å². The molecule has 0 radical (unpaired) electrons. The Bertz CT molecular complexity index is 1020. The number of hydrogen-bond donors (Lipinski definition) is 0. The van der Waals surface area contributed by atoms with Gasteiger partial charge in [-0.05, 0) is 39.8 Å². The monoisotopic (exact) mass is 408 g/mol. The molecular weight excluding hydrogens is 383 g/mol. The van der Waals surface area contributed by atoms with Crippen LogP contribution in [0.5, 0.6) is 0 Å². The molecule has 2 heterocycles. The third-order valence-corrected chi connectivity index (χ3v) is 6.04. The fourth-order valence-corrected chi connectivity index (χ4v) is 3.58. The Morgan fingerprint density at radius 3 is 2.54 bits per heavy atom. The van der Waals surface area contributed by atoms with E-state index in [1.807, 2.05) is 25.7 Å². The first-order chi connectivity index (χ1) is 13.1. The van der Waals surface area contributed by atoms with Crippen molar-refractivity contribution in [3.63, 3.8) is 0 Å². The van der Waals surface area contributed by atoms with E-state index in [4.69, 9.17) is 4.74 Å². The molecule has 0 bridgehead atoms. The molecule has 7 nitrogen and oxygen atoms in total. The van der Waals surface area contributed by atoms with Gasteiger partial charge in [0, 0.05) is 25.7 Å². The summed E-state index contributed by atoms with van der Waals surface area (Å²) in [5.74, 6) is -0.0602. The standard InChI is InChI=1S/C19H25FN4O3S/c1-12(22-28(26)19(2,3)4)14-10-13(20)11-15-16(14)21-18(23(5)17(15)25)24-6-8-27-9-7-24/h10-11H,6-9H2,1-5H3/t28-/m1/s1. The highest BCUT2D eigenvalue weighted by Crippen LogP contribution is 2.22. The average molecular weight is 408 g/mol. The van der Waals surface area contributed by atoms with E-state index in [1.165, 1.54) is 16.7 Å². The summed E-state index contributed by atoms with van der Waals surface area (Å²) in [6.07, 6.45) is 0. The van der Waals surface area contributed by atoms with E-state index in [1.54, 1.807) is 14.0 Å². The van der Waals surface area contributed by atoms with Crippen LogP contribution in [-0.4, -0.2) is 50.5 Å². The third kappa shape index (κ3) is 4.00. The smallest absolute Gasteiger partial charge is 0.262 e. The molecule has 3 rings (SSSR count). The van der Waals surface area contributed by atoms with Gasteiger partial charge in [0.15, 0.2) is 0 Å². The minimum absolute atomic E-state index is 0.172. The fraction of sp³-hybridized carbons (Fsp3) is 0.526. The lowest BCUT2D eigenvalue weighted by Crippen LogP contribution is -2.40. The number of benzene rings is 1. The van der Waals surface area contributed by atoms with Crippen molar-refractivity contribution < 1.29 is 13.3 Å². The third-order valence-electron chi connectivity index (χ3n) is 4.55. The second-order valence-corrected chi connectivity index (χ2v) is 9.67. The van der Waals surface area contributed by atoms with Gasteiger partial charge in [-0.15, -0.1) is 0 Å². The fourth-order valence-electron chi connectivity index (χ4n) is 2.96. The van der Waals surface area contributed by atoms with E-state index >= 15 is 0 Å². The molecule has 28 heavy (non-hydrogen) atoms. The van der Waals surface area contributed by atoms with Crippen molar-refractivity contribution in [1.29, 1.82) is 0 Å². The van der Waals surface area contributed by atoms with Crippen LogP contribution < -0.4 is 10.5 Å². The lowest BCUT2D eigenvalue weighted by Gasteiger charge is -2.29. The number of hydrogen-bond acceptors (Lipinski definition) is 5. The maximum Gasteiger partial charge on any atom is 0.262 e. The number of anilines is 1. The number of halogens is 1. The Morgan fingerprint density at radius 2 is 1.93 bits per heavy atom. The molecule has 2 aromatic rings. The van der Waals surface area contributed by atoms with Crippen LogP contribution in [-0.2, 0) is 22.8 Å². The zero-order valence-corrected chi connectivity index (χ0v) is 17.6. The molecule has 0 unspecified atom stereocenters. The highest BCUT2D eigenvalue weighted by atomic mass is 32.2. The normalized spacial score (nSPS) is 17.2. The number of rotatable bonds is 3. The zero-order chi connectivity index (χ0) is 20.6. The van der Waals surface area contributed by atoms with E-state index in [0.29, 0.717) is 49.0 Å². The van der Waals surface area contributed by atoms with Gasteiger partial charge in [0.2, 0.25) is 5.95 Å². The summed E-state index contributed by atoms with van der Waals surface area (Å²) in [6.45, 7) is 9.43. The molecule has 0 spiro atoms. The molecular formula is C19H25FN4O3S. The first-order valence-electron chi connectivity index (χ1n) is 9.10. The largest absolute Gasteiger partial charge is 0.378 e. The van der Waals surface area contributed by atoms with Gasteiger partial charge in [-0.2, -0.15) is 4.40 Å². The molecule has 1 fully saturated rings. The number of nitrogens with zero attached hydrogens (tertiary/aromatic N) is 4. The van der Waals surface area contributed by atoms with Gasteiger partial charge in [0.25, 0.3) is 5.56 Å². The van der Waals surface area contributed by atoms with Crippen molar-refractivity contribution in [1.82, 2.24) is 9.55 Å². The lowest BCUT2D eigenvalue weighted by atomic mass is 10.1. The Kier molecular flexibility index (Phi) is 5.67. The van der Waals surface area contributed by atoms with Crippen LogP contribution in [0.3, 0.4) is 0 Å². The van der Waals surface area contributed by atoms with Crippen molar-refractivity contribution in [3.05, 3.63) is 33.9 Å². The van der Waals surface area contributed by atoms with Gasteiger partial charge >= 0.3 is 0 Å².